The molecule has 0 atom stereocenters. The maximum atomic E-state index is 10.8. The summed E-state index contributed by atoms with van der Waals surface area (Å²) in [6.45, 7) is 8.49. The largest absolute Gasteiger partial charge is 0.508 e. The van der Waals surface area contributed by atoms with E-state index in [2.05, 4.69) is 29.3 Å². The van der Waals surface area contributed by atoms with Gasteiger partial charge in [-0.25, -0.2) is 0 Å². The number of nitrogens with zero attached hydrogens (tertiary/aromatic N) is 3. The van der Waals surface area contributed by atoms with Crippen LogP contribution in [0.1, 0.15) is 31.9 Å². The first kappa shape index (κ1) is 19.4. The number of phenolic OH excluding ortho intramolecular Hbond substituents is 1. The van der Waals surface area contributed by atoms with Crippen molar-refractivity contribution in [3.8, 4) is 5.75 Å². The van der Waals surface area contributed by atoms with Gasteiger partial charge in [0.15, 0.2) is 0 Å². The van der Waals surface area contributed by atoms with Crippen molar-refractivity contribution in [3.63, 3.8) is 0 Å². The van der Waals surface area contributed by atoms with Crippen LogP contribution in [0.15, 0.2) is 47.6 Å². The average molecular weight is 356 g/mol. The number of hydrogen-bond acceptors (Lipinski definition) is 6. The Labute approximate surface area is 153 Å². The van der Waals surface area contributed by atoms with Gasteiger partial charge in [0.1, 0.15) is 5.75 Å². The molecular formula is C19H24N4O3. The second-order valence-electron chi connectivity index (χ2n) is 5.92. The summed E-state index contributed by atoms with van der Waals surface area (Å²) in [5.74, 6) is 0.264. The fourth-order valence-corrected chi connectivity index (χ4v) is 2.53. The Hall–Kier alpha value is -2.93. The zero-order valence-corrected chi connectivity index (χ0v) is 15.3. The van der Waals surface area contributed by atoms with E-state index in [-0.39, 0.29) is 11.4 Å². The number of anilines is 1. The van der Waals surface area contributed by atoms with E-state index in [4.69, 9.17) is 0 Å². The second kappa shape index (κ2) is 8.96. The molecule has 0 saturated heterocycles. The quantitative estimate of drug-likeness (QED) is 0.424. The van der Waals surface area contributed by atoms with Gasteiger partial charge in [0.25, 0.3) is 5.69 Å². The summed E-state index contributed by atoms with van der Waals surface area (Å²) in [4.78, 5) is 12.6. The summed E-state index contributed by atoms with van der Waals surface area (Å²) in [5, 5.41) is 25.2. The van der Waals surface area contributed by atoms with Crippen molar-refractivity contribution in [1.29, 1.82) is 0 Å². The standard InChI is InChI=1S/C19H24N4O3/c1-4-22(5-2)13-16-11-15(9-10-19(16)24)14(3)20-21-17-7-6-8-18(12-17)23(25)26/h6-12,21,24H,4-5,13H2,1-3H3/b20-14+. The number of hydrogen-bond donors (Lipinski definition) is 2. The van der Waals surface area contributed by atoms with Crippen LogP contribution in [0.2, 0.25) is 0 Å². The molecule has 7 heteroatoms. The maximum Gasteiger partial charge on any atom is 0.271 e. The van der Waals surface area contributed by atoms with Crippen LogP contribution in [0.4, 0.5) is 11.4 Å². The number of rotatable bonds is 8. The van der Waals surface area contributed by atoms with Crippen molar-refractivity contribution in [2.24, 2.45) is 5.10 Å². The number of benzene rings is 2. The van der Waals surface area contributed by atoms with E-state index in [0.29, 0.717) is 12.2 Å². The molecule has 0 fully saturated rings. The summed E-state index contributed by atoms with van der Waals surface area (Å²) in [5.41, 5.74) is 5.84. The summed E-state index contributed by atoms with van der Waals surface area (Å²) in [6.07, 6.45) is 0. The lowest BCUT2D eigenvalue weighted by molar-refractivity contribution is -0.384. The van der Waals surface area contributed by atoms with Gasteiger partial charge in [-0.1, -0.05) is 19.9 Å². The van der Waals surface area contributed by atoms with Crippen LogP contribution in [0, 0.1) is 10.1 Å². The summed E-state index contributed by atoms with van der Waals surface area (Å²) in [7, 11) is 0. The van der Waals surface area contributed by atoms with Crippen molar-refractivity contribution < 1.29 is 10.0 Å². The molecule has 2 aromatic carbocycles. The van der Waals surface area contributed by atoms with Gasteiger partial charge in [-0.2, -0.15) is 5.10 Å². The Morgan fingerprint density at radius 2 is 1.96 bits per heavy atom. The van der Waals surface area contributed by atoms with Gasteiger partial charge in [0.05, 0.1) is 16.3 Å². The smallest absolute Gasteiger partial charge is 0.271 e. The van der Waals surface area contributed by atoms with Gasteiger partial charge >= 0.3 is 0 Å². The zero-order chi connectivity index (χ0) is 19.1. The Bertz CT molecular complexity index is 801. The molecule has 0 heterocycles. The van der Waals surface area contributed by atoms with Crippen LogP contribution in [0.3, 0.4) is 0 Å². The molecular weight excluding hydrogens is 332 g/mol. The van der Waals surface area contributed by atoms with Crippen LogP contribution in [0.25, 0.3) is 0 Å². The minimum atomic E-state index is -0.443. The SMILES string of the molecule is CCN(CC)Cc1cc(/C(C)=N/Nc2cccc([N+](=O)[O-])c2)ccc1O. The van der Waals surface area contributed by atoms with Crippen LogP contribution in [0.5, 0.6) is 5.75 Å². The van der Waals surface area contributed by atoms with Crippen molar-refractivity contribution >= 4 is 17.1 Å². The predicted molar refractivity (Wildman–Crippen MR) is 104 cm³/mol. The molecule has 0 radical (unpaired) electrons. The Balaban J connectivity index is 2.18. The Morgan fingerprint density at radius 1 is 1.23 bits per heavy atom. The van der Waals surface area contributed by atoms with Crippen LogP contribution >= 0.6 is 0 Å². The number of aromatic hydroxyl groups is 1. The highest BCUT2D eigenvalue weighted by Crippen LogP contribution is 2.21. The molecule has 0 bridgehead atoms. The third kappa shape index (κ3) is 5.03. The molecule has 2 N–H and O–H groups in total. The predicted octanol–water partition coefficient (Wildman–Crippen LogP) is 3.98. The molecule has 138 valence electrons. The number of hydrazone groups is 1. The highest BCUT2D eigenvalue weighted by molar-refractivity contribution is 5.99. The van der Waals surface area contributed by atoms with E-state index < -0.39 is 4.92 Å². The molecule has 0 aliphatic rings. The van der Waals surface area contributed by atoms with E-state index in [1.807, 2.05) is 13.0 Å². The van der Waals surface area contributed by atoms with Crippen molar-refractivity contribution in [2.45, 2.75) is 27.3 Å². The number of nitro benzene ring substituents is 1. The van der Waals surface area contributed by atoms with Gasteiger partial charge in [-0.05, 0) is 49.8 Å². The molecule has 0 amide bonds. The second-order valence-corrected chi connectivity index (χ2v) is 5.92. The van der Waals surface area contributed by atoms with Crippen molar-refractivity contribution in [3.05, 3.63) is 63.7 Å². The van der Waals surface area contributed by atoms with Crippen molar-refractivity contribution in [1.82, 2.24) is 4.90 Å². The molecule has 2 aromatic rings. The Kier molecular flexibility index (Phi) is 6.68. The molecule has 0 aliphatic carbocycles. The first-order chi connectivity index (χ1) is 12.4. The monoisotopic (exact) mass is 356 g/mol. The minimum absolute atomic E-state index is 0.00833. The molecule has 0 unspecified atom stereocenters. The lowest BCUT2D eigenvalue weighted by Gasteiger charge is -2.19. The lowest BCUT2D eigenvalue weighted by atomic mass is 10.1. The normalized spacial score (nSPS) is 11.6. The number of nitro groups is 1. The lowest BCUT2D eigenvalue weighted by Crippen LogP contribution is -2.22. The minimum Gasteiger partial charge on any atom is -0.508 e. The van der Waals surface area contributed by atoms with Gasteiger partial charge in [0, 0.05) is 24.2 Å². The average Bonchev–Trinajstić information content (AvgIpc) is 2.65. The fourth-order valence-electron chi connectivity index (χ4n) is 2.53. The van der Waals surface area contributed by atoms with Gasteiger partial charge in [-0.3, -0.25) is 20.4 Å². The summed E-state index contributed by atoms with van der Waals surface area (Å²) < 4.78 is 0. The number of nitrogens with one attached hydrogen (secondary N) is 1. The fraction of sp³-hybridized carbons (Fsp3) is 0.316. The topological polar surface area (TPSA) is 91.0 Å². The molecule has 0 aliphatic heterocycles. The number of non-ortho nitro benzene ring substituents is 1. The van der Waals surface area contributed by atoms with Crippen LogP contribution < -0.4 is 5.43 Å². The molecule has 0 aromatic heterocycles. The third-order valence-electron chi connectivity index (χ3n) is 4.20. The van der Waals surface area contributed by atoms with E-state index in [1.165, 1.54) is 12.1 Å². The van der Waals surface area contributed by atoms with Gasteiger partial charge in [-0.15, -0.1) is 0 Å². The first-order valence-corrected chi connectivity index (χ1v) is 8.54. The van der Waals surface area contributed by atoms with Crippen molar-refractivity contribution in [2.75, 3.05) is 18.5 Å². The molecule has 0 saturated carbocycles. The highest BCUT2D eigenvalue weighted by atomic mass is 16.6. The molecule has 26 heavy (non-hydrogen) atoms. The van der Waals surface area contributed by atoms with Crippen LogP contribution in [-0.4, -0.2) is 33.7 Å². The van der Waals surface area contributed by atoms with Gasteiger partial charge in [0.2, 0.25) is 0 Å². The maximum absolute atomic E-state index is 10.8. The number of phenols is 1. The zero-order valence-electron chi connectivity index (χ0n) is 15.3. The molecule has 2 rings (SSSR count). The molecule has 0 spiro atoms. The summed E-state index contributed by atoms with van der Waals surface area (Å²) >= 11 is 0. The summed E-state index contributed by atoms with van der Waals surface area (Å²) in [6, 6.07) is 11.6. The van der Waals surface area contributed by atoms with E-state index >= 15 is 0 Å². The Morgan fingerprint density at radius 3 is 2.62 bits per heavy atom. The van der Waals surface area contributed by atoms with E-state index in [9.17, 15) is 15.2 Å². The van der Waals surface area contributed by atoms with Gasteiger partial charge < -0.3 is 5.11 Å². The highest BCUT2D eigenvalue weighted by Gasteiger charge is 2.09. The molecule has 7 nitrogen and oxygen atoms in total. The van der Waals surface area contributed by atoms with Crippen LogP contribution in [-0.2, 0) is 6.54 Å². The first-order valence-electron chi connectivity index (χ1n) is 8.54. The third-order valence-corrected chi connectivity index (χ3v) is 4.20. The van der Waals surface area contributed by atoms with E-state index in [0.717, 1.165) is 29.9 Å². The van der Waals surface area contributed by atoms with E-state index in [1.54, 1.807) is 24.3 Å².